The van der Waals surface area contributed by atoms with Gasteiger partial charge in [-0.3, -0.25) is 0 Å². The molecule has 1 rings (SSSR count). The van der Waals surface area contributed by atoms with E-state index >= 15 is 0 Å². The molecule has 0 N–H and O–H groups in total. The Morgan fingerprint density at radius 3 is 3.00 bits per heavy atom. The van der Waals surface area contributed by atoms with E-state index < -0.39 is 0 Å². The van der Waals surface area contributed by atoms with Crippen LogP contribution in [0.5, 0.6) is 5.88 Å². The predicted octanol–water partition coefficient (Wildman–Crippen LogP) is 1.71. The minimum atomic E-state index is 0.525. The Labute approximate surface area is 60.0 Å². The number of nitrogens with zero attached hydrogens (tertiary/aromatic N) is 1. The van der Waals surface area contributed by atoms with Gasteiger partial charge in [-0.1, -0.05) is 13.8 Å². The third-order valence-electron chi connectivity index (χ3n) is 0.979. The summed E-state index contributed by atoms with van der Waals surface area (Å²) in [5.41, 5.74) is 0. The number of hydrogen-bond acceptors (Lipinski definition) is 3. The first-order valence-corrected chi connectivity index (χ1v) is 3.32. The topological polar surface area (TPSA) is 35.3 Å². The fourth-order valence-electron chi connectivity index (χ4n) is 0.528. The summed E-state index contributed by atoms with van der Waals surface area (Å²) in [6.07, 6.45) is 1.50. The molecule has 0 saturated heterocycles. The average molecular weight is 141 g/mol. The Kier molecular flexibility index (Phi) is 2.31. The van der Waals surface area contributed by atoms with E-state index in [0.29, 0.717) is 18.4 Å². The molecule has 0 aliphatic heterocycles. The van der Waals surface area contributed by atoms with Gasteiger partial charge in [-0.2, -0.15) is 0 Å². The van der Waals surface area contributed by atoms with E-state index in [0.717, 1.165) is 0 Å². The molecule has 0 radical (unpaired) electrons. The minimum Gasteiger partial charge on any atom is -0.475 e. The second-order valence-corrected chi connectivity index (χ2v) is 2.54. The van der Waals surface area contributed by atoms with Crippen molar-refractivity contribution in [3.05, 3.63) is 12.3 Å². The molecule has 1 aromatic heterocycles. The Balaban J connectivity index is 2.28. The molecule has 56 valence electrons. The van der Waals surface area contributed by atoms with Crippen LogP contribution in [0, 0.1) is 5.92 Å². The van der Waals surface area contributed by atoms with E-state index in [9.17, 15) is 0 Å². The van der Waals surface area contributed by atoms with Gasteiger partial charge in [0.1, 0.15) is 6.26 Å². The van der Waals surface area contributed by atoms with Crippen molar-refractivity contribution in [2.24, 2.45) is 5.92 Å². The number of hydrogen-bond donors (Lipinski definition) is 0. The van der Waals surface area contributed by atoms with Crippen molar-refractivity contribution in [2.45, 2.75) is 13.8 Å². The zero-order valence-electron chi connectivity index (χ0n) is 6.20. The molecule has 10 heavy (non-hydrogen) atoms. The fourth-order valence-corrected chi connectivity index (χ4v) is 0.528. The Hall–Kier alpha value is -0.990. The van der Waals surface area contributed by atoms with E-state index in [-0.39, 0.29) is 0 Å². The molecule has 0 fully saturated rings. The van der Waals surface area contributed by atoms with Crippen LogP contribution in [0.25, 0.3) is 0 Å². The summed E-state index contributed by atoms with van der Waals surface area (Å²) < 4.78 is 9.77. The van der Waals surface area contributed by atoms with Crippen LogP contribution in [0.2, 0.25) is 0 Å². The Bertz CT molecular complexity index is 170. The lowest BCUT2D eigenvalue weighted by atomic mass is 10.2. The van der Waals surface area contributed by atoms with Gasteiger partial charge < -0.3 is 9.26 Å². The molecule has 0 saturated carbocycles. The van der Waals surface area contributed by atoms with Crippen LogP contribution >= 0.6 is 0 Å². The van der Waals surface area contributed by atoms with Gasteiger partial charge >= 0.3 is 0 Å². The average Bonchev–Trinajstić information content (AvgIpc) is 2.34. The van der Waals surface area contributed by atoms with Gasteiger partial charge in [0.05, 0.1) is 6.61 Å². The molecular weight excluding hydrogens is 130 g/mol. The van der Waals surface area contributed by atoms with Crippen LogP contribution in [0.1, 0.15) is 13.8 Å². The fraction of sp³-hybridized carbons (Fsp3) is 0.571. The van der Waals surface area contributed by atoms with Crippen molar-refractivity contribution in [3.63, 3.8) is 0 Å². The van der Waals surface area contributed by atoms with E-state index in [2.05, 4.69) is 23.5 Å². The molecular formula is C7H11NO2. The SMILES string of the molecule is CC(C)COc1ccon1. The minimum absolute atomic E-state index is 0.525. The maximum absolute atomic E-state index is 5.20. The lowest BCUT2D eigenvalue weighted by Crippen LogP contribution is -2.04. The van der Waals surface area contributed by atoms with Gasteiger partial charge in [0, 0.05) is 6.07 Å². The Morgan fingerprint density at radius 2 is 2.50 bits per heavy atom. The highest BCUT2D eigenvalue weighted by atomic mass is 16.5. The summed E-state index contributed by atoms with van der Waals surface area (Å²) in [6, 6.07) is 1.70. The summed E-state index contributed by atoms with van der Waals surface area (Å²) in [5, 5.41) is 3.59. The second kappa shape index (κ2) is 3.25. The summed E-state index contributed by atoms with van der Waals surface area (Å²) >= 11 is 0. The molecule has 1 aromatic rings. The van der Waals surface area contributed by atoms with Gasteiger partial charge in [0.25, 0.3) is 5.88 Å². The third kappa shape index (κ3) is 2.09. The molecule has 0 aliphatic carbocycles. The molecule has 0 amide bonds. The number of aromatic nitrogens is 1. The first kappa shape index (κ1) is 7.12. The maximum atomic E-state index is 5.20. The predicted molar refractivity (Wildman–Crippen MR) is 36.8 cm³/mol. The van der Waals surface area contributed by atoms with Crippen molar-refractivity contribution < 1.29 is 9.26 Å². The zero-order valence-corrected chi connectivity index (χ0v) is 6.20. The summed E-state index contributed by atoms with van der Waals surface area (Å²) in [7, 11) is 0. The van der Waals surface area contributed by atoms with Crippen LogP contribution in [0.15, 0.2) is 16.9 Å². The van der Waals surface area contributed by atoms with Gasteiger partial charge in [-0.05, 0) is 11.1 Å². The molecule has 0 aliphatic rings. The van der Waals surface area contributed by atoms with Gasteiger partial charge in [0.15, 0.2) is 0 Å². The van der Waals surface area contributed by atoms with Gasteiger partial charge in [0.2, 0.25) is 0 Å². The molecule has 0 spiro atoms. The first-order valence-electron chi connectivity index (χ1n) is 3.32. The van der Waals surface area contributed by atoms with Crippen molar-refractivity contribution in [2.75, 3.05) is 6.61 Å². The van der Waals surface area contributed by atoms with Gasteiger partial charge in [-0.25, -0.2) is 0 Å². The number of rotatable bonds is 3. The monoisotopic (exact) mass is 141 g/mol. The van der Waals surface area contributed by atoms with Crippen LogP contribution in [-0.2, 0) is 0 Å². The molecule has 0 atom stereocenters. The van der Waals surface area contributed by atoms with E-state index in [4.69, 9.17) is 4.74 Å². The smallest absolute Gasteiger partial charge is 0.254 e. The molecule has 0 unspecified atom stereocenters. The molecule has 1 heterocycles. The largest absolute Gasteiger partial charge is 0.475 e. The van der Waals surface area contributed by atoms with Crippen molar-refractivity contribution in [1.29, 1.82) is 0 Å². The lowest BCUT2D eigenvalue weighted by Gasteiger charge is -2.03. The Morgan fingerprint density at radius 1 is 1.70 bits per heavy atom. The van der Waals surface area contributed by atoms with Crippen molar-refractivity contribution >= 4 is 0 Å². The number of ether oxygens (including phenoxy) is 1. The summed E-state index contributed by atoms with van der Waals surface area (Å²) in [4.78, 5) is 0. The van der Waals surface area contributed by atoms with Crippen LogP contribution < -0.4 is 4.74 Å². The highest BCUT2D eigenvalue weighted by Gasteiger charge is 1.97. The molecule has 3 heteroatoms. The van der Waals surface area contributed by atoms with Crippen molar-refractivity contribution in [1.82, 2.24) is 5.16 Å². The first-order chi connectivity index (χ1) is 4.79. The van der Waals surface area contributed by atoms with Crippen LogP contribution in [0.3, 0.4) is 0 Å². The van der Waals surface area contributed by atoms with E-state index in [1.165, 1.54) is 6.26 Å². The third-order valence-corrected chi connectivity index (χ3v) is 0.979. The maximum Gasteiger partial charge on any atom is 0.254 e. The zero-order chi connectivity index (χ0) is 7.40. The molecule has 3 nitrogen and oxygen atoms in total. The quantitative estimate of drug-likeness (QED) is 0.642. The van der Waals surface area contributed by atoms with Crippen LogP contribution in [-0.4, -0.2) is 11.8 Å². The summed E-state index contributed by atoms with van der Waals surface area (Å²) in [5.74, 6) is 1.09. The van der Waals surface area contributed by atoms with Crippen LogP contribution in [0.4, 0.5) is 0 Å². The van der Waals surface area contributed by atoms with Crippen molar-refractivity contribution in [3.8, 4) is 5.88 Å². The normalized spacial score (nSPS) is 10.3. The van der Waals surface area contributed by atoms with E-state index in [1.807, 2.05) is 0 Å². The molecule has 0 bridgehead atoms. The highest BCUT2D eigenvalue weighted by Crippen LogP contribution is 2.05. The second-order valence-electron chi connectivity index (χ2n) is 2.54. The highest BCUT2D eigenvalue weighted by molar-refractivity contribution is 5.01. The van der Waals surface area contributed by atoms with Gasteiger partial charge in [-0.15, -0.1) is 0 Å². The standard InChI is InChI=1S/C7H11NO2/c1-6(2)5-9-7-3-4-10-8-7/h3-4,6H,5H2,1-2H3. The lowest BCUT2D eigenvalue weighted by molar-refractivity contribution is 0.244. The molecule has 0 aromatic carbocycles. The summed E-state index contributed by atoms with van der Waals surface area (Å²) in [6.45, 7) is 4.85. The van der Waals surface area contributed by atoms with E-state index in [1.54, 1.807) is 6.07 Å².